The molecule has 0 amide bonds. The third-order valence-corrected chi connectivity index (χ3v) is 2.52. The number of aliphatic hydroxyl groups excluding tert-OH is 1. The van der Waals surface area contributed by atoms with Crippen LogP contribution in [-0.4, -0.2) is 23.8 Å². The maximum atomic E-state index is 8.51. The van der Waals surface area contributed by atoms with Crippen molar-refractivity contribution in [2.24, 2.45) is 0 Å². The molecule has 0 aliphatic heterocycles. The first kappa shape index (κ1) is 9.51. The average Bonchev–Trinajstić information content (AvgIpc) is 2.43. The standard InChI is InChI=1S/C7H8ClNO2S/c1-11-7-9-6(8)5(12-7)3-2-4-10/h2-3,10H,4H2,1H3/b3-2+. The first-order valence-electron chi connectivity index (χ1n) is 3.25. The van der Waals surface area contributed by atoms with Gasteiger partial charge in [-0.15, -0.1) is 0 Å². The lowest BCUT2D eigenvalue weighted by Crippen LogP contribution is -1.77. The highest BCUT2D eigenvalue weighted by Crippen LogP contribution is 2.29. The van der Waals surface area contributed by atoms with Gasteiger partial charge in [-0.05, 0) is 6.08 Å². The van der Waals surface area contributed by atoms with Gasteiger partial charge in [-0.3, -0.25) is 0 Å². The van der Waals surface area contributed by atoms with Crippen LogP contribution in [0.3, 0.4) is 0 Å². The molecule has 3 nitrogen and oxygen atoms in total. The fourth-order valence-electron chi connectivity index (χ4n) is 0.644. The molecule has 5 heteroatoms. The molecule has 0 aliphatic rings. The first-order chi connectivity index (χ1) is 5.77. The predicted molar refractivity (Wildman–Crippen MR) is 49.8 cm³/mol. The number of rotatable bonds is 3. The van der Waals surface area contributed by atoms with Gasteiger partial charge in [0.05, 0.1) is 18.6 Å². The van der Waals surface area contributed by atoms with Crippen molar-refractivity contribution in [1.29, 1.82) is 0 Å². The third-order valence-electron chi connectivity index (χ3n) is 1.14. The van der Waals surface area contributed by atoms with Crippen LogP contribution >= 0.6 is 22.9 Å². The van der Waals surface area contributed by atoms with Crippen LogP contribution in [0.15, 0.2) is 6.08 Å². The Hall–Kier alpha value is -0.580. The maximum absolute atomic E-state index is 8.51. The van der Waals surface area contributed by atoms with Gasteiger partial charge in [-0.25, -0.2) is 0 Å². The average molecular weight is 206 g/mol. The number of nitrogens with zero attached hydrogens (tertiary/aromatic N) is 1. The summed E-state index contributed by atoms with van der Waals surface area (Å²) in [5.74, 6) is 0. The van der Waals surface area contributed by atoms with Gasteiger partial charge in [0.2, 0.25) is 0 Å². The number of halogens is 1. The third kappa shape index (κ3) is 2.20. The van der Waals surface area contributed by atoms with Crippen molar-refractivity contribution in [2.75, 3.05) is 13.7 Å². The molecule has 0 spiro atoms. The fraction of sp³-hybridized carbons (Fsp3) is 0.286. The van der Waals surface area contributed by atoms with Crippen LogP contribution in [0.25, 0.3) is 6.08 Å². The first-order valence-corrected chi connectivity index (χ1v) is 4.45. The zero-order chi connectivity index (χ0) is 8.97. The monoisotopic (exact) mass is 205 g/mol. The van der Waals surface area contributed by atoms with E-state index in [1.807, 2.05) is 0 Å². The minimum absolute atomic E-state index is 0.00343. The second kappa shape index (κ2) is 4.45. The molecule has 1 rings (SSSR count). The van der Waals surface area contributed by atoms with E-state index in [0.29, 0.717) is 10.3 Å². The summed E-state index contributed by atoms with van der Waals surface area (Å²) in [6.07, 6.45) is 3.31. The Balaban J connectivity index is 2.84. The number of hydrogen-bond acceptors (Lipinski definition) is 4. The van der Waals surface area contributed by atoms with Crippen LogP contribution < -0.4 is 4.74 Å². The predicted octanol–water partition coefficient (Wildman–Crippen LogP) is 1.81. The van der Waals surface area contributed by atoms with E-state index in [4.69, 9.17) is 21.4 Å². The van der Waals surface area contributed by atoms with E-state index in [1.54, 1.807) is 12.2 Å². The molecule has 66 valence electrons. The Morgan fingerprint density at radius 1 is 1.75 bits per heavy atom. The second-order valence-electron chi connectivity index (χ2n) is 1.92. The van der Waals surface area contributed by atoms with Gasteiger partial charge in [-0.2, -0.15) is 4.98 Å². The summed E-state index contributed by atoms with van der Waals surface area (Å²) < 4.78 is 4.88. The number of aromatic nitrogens is 1. The van der Waals surface area contributed by atoms with Gasteiger partial charge in [0.25, 0.3) is 5.19 Å². The van der Waals surface area contributed by atoms with Crippen molar-refractivity contribution in [3.05, 3.63) is 16.1 Å². The van der Waals surface area contributed by atoms with Crippen molar-refractivity contribution in [1.82, 2.24) is 4.98 Å². The second-order valence-corrected chi connectivity index (χ2v) is 3.28. The smallest absolute Gasteiger partial charge is 0.274 e. The van der Waals surface area contributed by atoms with Crippen LogP contribution in [-0.2, 0) is 0 Å². The van der Waals surface area contributed by atoms with Crippen LogP contribution in [0.5, 0.6) is 5.19 Å². The summed E-state index contributed by atoms with van der Waals surface area (Å²) in [5, 5.41) is 9.44. The van der Waals surface area contributed by atoms with Crippen molar-refractivity contribution in [3.8, 4) is 5.19 Å². The summed E-state index contributed by atoms with van der Waals surface area (Å²) in [6, 6.07) is 0. The molecule has 0 atom stereocenters. The largest absolute Gasteiger partial charge is 0.473 e. The lowest BCUT2D eigenvalue weighted by atomic mass is 10.4. The quantitative estimate of drug-likeness (QED) is 0.819. The molecule has 1 heterocycles. The van der Waals surface area contributed by atoms with Crippen molar-refractivity contribution >= 4 is 29.0 Å². The lowest BCUT2D eigenvalue weighted by Gasteiger charge is -1.85. The molecule has 0 aromatic carbocycles. The molecule has 0 unspecified atom stereocenters. The van der Waals surface area contributed by atoms with Crippen molar-refractivity contribution in [2.45, 2.75) is 0 Å². The van der Waals surface area contributed by atoms with E-state index in [-0.39, 0.29) is 6.61 Å². The summed E-state index contributed by atoms with van der Waals surface area (Å²) >= 11 is 7.08. The Morgan fingerprint density at radius 3 is 3.00 bits per heavy atom. The molecular formula is C7H8ClNO2S. The molecule has 0 saturated heterocycles. The molecule has 12 heavy (non-hydrogen) atoms. The topological polar surface area (TPSA) is 42.4 Å². The minimum atomic E-state index is -0.00343. The molecule has 0 aliphatic carbocycles. The van der Waals surface area contributed by atoms with Crippen LogP contribution in [0.4, 0.5) is 0 Å². The number of aliphatic hydroxyl groups is 1. The van der Waals surface area contributed by atoms with Gasteiger partial charge in [0, 0.05) is 0 Å². The Morgan fingerprint density at radius 2 is 2.50 bits per heavy atom. The minimum Gasteiger partial charge on any atom is -0.473 e. The van der Waals surface area contributed by atoms with E-state index < -0.39 is 0 Å². The highest BCUT2D eigenvalue weighted by molar-refractivity contribution is 7.14. The fourth-order valence-corrected chi connectivity index (χ4v) is 1.65. The molecule has 0 bridgehead atoms. The Bertz CT molecular complexity index is 285. The van der Waals surface area contributed by atoms with Crippen molar-refractivity contribution < 1.29 is 9.84 Å². The summed E-state index contributed by atoms with van der Waals surface area (Å²) in [4.78, 5) is 4.70. The number of thiazole rings is 1. The zero-order valence-electron chi connectivity index (χ0n) is 6.45. The number of methoxy groups -OCH3 is 1. The molecule has 1 aromatic heterocycles. The van der Waals surface area contributed by atoms with Gasteiger partial charge in [0.15, 0.2) is 5.15 Å². The van der Waals surface area contributed by atoms with Gasteiger partial charge < -0.3 is 9.84 Å². The zero-order valence-corrected chi connectivity index (χ0v) is 8.02. The lowest BCUT2D eigenvalue weighted by molar-refractivity contribution is 0.343. The van der Waals surface area contributed by atoms with Gasteiger partial charge >= 0.3 is 0 Å². The SMILES string of the molecule is COc1nc(Cl)c(/C=C/CO)s1. The summed E-state index contributed by atoms with van der Waals surface area (Å²) in [7, 11) is 1.54. The van der Waals surface area contributed by atoms with Crippen LogP contribution in [0.2, 0.25) is 5.15 Å². The molecular weight excluding hydrogens is 198 g/mol. The maximum Gasteiger partial charge on any atom is 0.274 e. The highest BCUT2D eigenvalue weighted by Gasteiger charge is 2.05. The van der Waals surface area contributed by atoms with Crippen LogP contribution in [0.1, 0.15) is 4.88 Å². The molecule has 0 saturated carbocycles. The van der Waals surface area contributed by atoms with E-state index in [9.17, 15) is 0 Å². The van der Waals surface area contributed by atoms with E-state index in [1.165, 1.54) is 18.4 Å². The molecule has 0 radical (unpaired) electrons. The summed E-state index contributed by atoms with van der Waals surface area (Å²) in [6.45, 7) is -0.00343. The highest BCUT2D eigenvalue weighted by atomic mass is 35.5. The molecule has 0 fully saturated rings. The van der Waals surface area contributed by atoms with Gasteiger partial charge in [0.1, 0.15) is 0 Å². The van der Waals surface area contributed by atoms with Crippen molar-refractivity contribution in [3.63, 3.8) is 0 Å². The summed E-state index contributed by atoms with van der Waals surface area (Å²) in [5.41, 5.74) is 0. The molecule has 1 N–H and O–H groups in total. The number of hydrogen-bond donors (Lipinski definition) is 1. The van der Waals surface area contributed by atoms with E-state index >= 15 is 0 Å². The van der Waals surface area contributed by atoms with E-state index in [0.717, 1.165) is 4.88 Å². The van der Waals surface area contributed by atoms with Gasteiger partial charge in [-0.1, -0.05) is 29.0 Å². The number of ether oxygens (including phenoxy) is 1. The normalized spacial score (nSPS) is 10.9. The van der Waals surface area contributed by atoms with E-state index in [2.05, 4.69) is 4.98 Å². The Labute approximate surface area is 79.3 Å². The van der Waals surface area contributed by atoms with Crippen LogP contribution in [0, 0.1) is 0 Å². The Kier molecular flexibility index (Phi) is 3.52. The molecule has 1 aromatic rings.